The van der Waals surface area contributed by atoms with Gasteiger partial charge in [-0.3, -0.25) is 9.48 Å². The van der Waals surface area contributed by atoms with Crippen LogP contribution in [0.4, 0.5) is 4.79 Å². The summed E-state index contributed by atoms with van der Waals surface area (Å²) in [6.07, 6.45) is 2.46. The molecule has 31 heavy (non-hydrogen) atoms. The summed E-state index contributed by atoms with van der Waals surface area (Å²) in [5.41, 5.74) is 9.09. The summed E-state index contributed by atoms with van der Waals surface area (Å²) in [6, 6.07) is 18.6. The number of aromatic nitrogens is 2. The predicted octanol–water partition coefficient (Wildman–Crippen LogP) is 3.30. The van der Waals surface area contributed by atoms with Crippen LogP contribution in [0.15, 0.2) is 66.9 Å². The molecule has 0 fully saturated rings. The first-order valence-electron chi connectivity index (χ1n) is 10.4. The van der Waals surface area contributed by atoms with Gasteiger partial charge in [0.1, 0.15) is 6.04 Å². The van der Waals surface area contributed by atoms with E-state index in [1.165, 1.54) is 0 Å². The number of urea groups is 1. The number of rotatable bonds is 9. The van der Waals surface area contributed by atoms with Crippen molar-refractivity contribution < 1.29 is 9.59 Å². The van der Waals surface area contributed by atoms with Crippen molar-refractivity contribution in [3.63, 3.8) is 0 Å². The molecule has 2 aromatic carbocycles. The molecule has 0 saturated carbocycles. The summed E-state index contributed by atoms with van der Waals surface area (Å²) >= 11 is 0. The molecule has 0 aliphatic carbocycles. The maximum Gasteiger partial charge on any atom is 0.312 e. The van der Waals surface area contributed by atoms with Crippen molar-refractivity contribution in [3.05, 3.63) is 78.0 Å². The van der Waals surface area contributed by atoms with E-state index < -0.39 is 12.1 Å². The van der Waals surface area contributed by atoms with E-state index >= 15 is 0 Å². The van der Waals surface area contributed by atoms with Crippen LogP contribution < -0.4 is 16.4 Å². The molecule has 0 aliphatic rings. The number of primary amides is 1. The Morgan fingerprint density at radius 3 is 2.29 bits per heavy atom. The number of hydrogen-bond donors (Lipinski definition) is 3. The number of carbonyl (C=O) groups is 2. The predicted molar refractivity (Wildman–Crippen MR) is 121 cm³/mol. The van der Waals surface area contributed by atoms with Crippen LogP contribution in [0.25, 0.3) is 11.3 Å². The summed E-state index contributed by atoms with van der Waals surface area (Å²) in [6.45, 7) is 4.91. The minimum atomic E-state index is -0.707. The summed E-state index contributed by atoms with van der Waals surface area (Å²) in [5, 5.41) is 10.2. The van der Waals surface area contributed by atoms with E-state index in [1.807, 2.05) is 73.3 Å². The fourth-order valence-corrected chi connectivity index (χ4v) is 3.46. The van der Waals surface area contributed by atoms with Crippen molar-refractivity contribution in [1.82, 2.24) is 20.4 Å². The van der Waals surface area contributed by atoms with Gasteiger partial charge in [-0.05, 0) is 17.9 Å². The highest BCUT2D eigenvalue weighted by Crippen LogP contribution is 2.22. The Hall–Kier alpha value is -3.61. The third-order valence-electron chi connectivity index (χ3n) is 4.87. The monoisotopic (exact) mass is 419 g/mol. The Kier molecular flexibility index (Phi) is 7.43. The smallest absolute Gasteiger partial charge is 0.312 e. The van der Waals surface area contributed by atoms with Gasteiger partial charge in [-0.25, -0.2) is 4.79 Å². The maximum atomic E-state index is 12.7. The third-order valence-corrected chi connectivity index (χ3v) is 4.87. The van der Waals surface area contributed by atoms with E-state index in [2.05, 4.69) is 22.8 Å². The first-order chi connectivity index (χ1) is 14.9. The zero-order chi connectivity index (χ0) is 22.2. The van der Waals surface area contributed by atoms with Gasteiger partial charge in [0.2, 0.25) is 5.91 Å². The van der Waals surface area contributed by atoms with E-state index in [0.29, 0.717) is 19.5 Å². The lowest BCUT2D eigenvalue weighted by molar-refractivity contribution is -0.123. The van der Waals surface area contributed by atoms with E-state index in [0.717, 1.165) is 22.4 Å². The van der Waals surface area contributed by atoms with Crippen LogP contribution in [0.5, 0.6) is 0 Å². The Labute approximate surface area is 182 Å². The van der Waals surface area contributed by atoms with Crippen molar-refractivity contribution in [2.75, 3.05) is 0 Å². The Balaban J connectivity index is 1.80. The van der Waals surface area contributed by atoms with Gasteiger partial charge in [0, 0.05) is 23.9 Å². The van der Waals surface area contributed by atoms with Crippen LogP contribution in [-0.4, -0.2) is 27.8 Å². The maximum absolute atomic E-state index is 12.7. The highest BCUT2D eigenvalue weighted by molar-refractivity contribution is 5.86. The molecule has 1 unspecified atom stereocenters. The third kappa shape index (κ3) is 6.44. The Morgan fingerprint density at radius 1 is 1.03 bits per heavy atom. The lowest BCUT2D eigenvalue weighted by Gasteiger charge is -2.19. The molecule has 1 heterocycles. The lowest BCUT2D eigenvalue weighted by Crippen LogP contribution is -2.49. The molecular formula is C24H29N5O2. The van der Waals surface area contributed by atoms with E-state index in [4.69, 9.17) is 10.8 Å². The van der Waals surface area contributed by atoms with Gasteiger partial charge in [0.15, 0.2) is 0 Å². The van der Waals surface area contributed by atoms with Gasteiger partial charge >= 0.3 is 6.03 Å². The van der Waals surface area contributed by atoms with Gasteiger partial charge in [0.25, 0.3) is 0 Å². The highest BCUT2D eigenvalue weighted by Gasteiger charge is 2.21. The summed E-state index contributed by atoms with van der Waals surface area (Å²) in [5.74, 6) is -0.0292. The van der Waals surface area contributed by atoms with Crippen molar-refractivity contribution in [2.24, 2.45) is 11.7 Å². The van der Waals surface area contributed by atoms with Crippen LogP contribution in [0.2, 0.25) is 0 Å². The molecule has 0 radical (unpaired) electrons. The number of nitrogens with zero attached hydrogens (tertiary/aromatic N) is 2. The Morgan fingerprint density at radius 2 is 1.68 bits per heavy atom. The van der Waals surface area contributed by atoms with Crippen molar-refractivity contribution in [1.29, 1.82) is 0 Å². The minimum Gasteiger partial charge on any atom is -0.352 e. The molecule has 0 spiro atoms. The van der Waals surface area contributed by atoms with Crippen LogP contribution in [0.3, 0.4) is 0 Å². The number of nitrogens with two attached hydrogens (primary N) is 1. The first kappa shape index (κ1) is 22.1. The van der Waals surface area contributed by atoms with Gasteiger partial charge in [-0.1, -0.05) is 74.5 Å². The normalized spacial score (nSPS) is 11.8. The molecule has 1 aromatic heterocycles. The number of benzene rings is 2. The fourth-order valence-electron chi connectivity index (χ4n) is 3.46. The van der Waals surface area contributed by atoms with Crippen LogP contribution in [0.1, 0.15) is 31.4 Å². The minimum absolute atomic E-state index is 0.233. The standard InChI is InChI=1S/C24H29N5O2/c1-17(2)13-21(27-24(25)31)23(30)26-14-20-16-29(15-18-9-5-3-6-10-18)28-22(20)19-11-7-4-8-12-19/h3-12,16-17,21H,13-15H2,1-2H3,(H,26,30)(H3,25,27,31). The fraction of sp³-hybridized carbons (Fsp3) is 0.292. The first-order valence-corrected chi connectivity index (χ1v) is 10.4. The largest absolute Gasteiger partial charge is 0.352 e. The highest BCUT2D eigenvalue weighted by atomic mass is 16.2. The van der Waals surface area contributed by atoms with Crippen LogP contribution in [-0.2, 0) is 17.9 Å². The van der Waals surface area contributed by atoms with Gasteiger partial charge in [-0.2, -0.15) is 5.10 Å². The number of hydrogen-bond acceptors (Lipinski definition) is 3. The number of carbonyl (C=O) groups excluding carboxylic acids is 2. The zero-order valence-electron chi connectivity index (χ0n) is 17.9. The quantitative estimate of drug-likeness (QED) is 0.496. The molecule has 0 aliphatic heterocycles. The molecule has 4 N–H and O–H groups in total. The molecule has 3 aromatic rings. The van der Waals surface area contributed by atoms with Crippen molar-refractivity contribution in [3.8, 4) is 11.3 Å². The molecule has 0 saturated heterocycles. The average Bonchev–Trinajstić information content (AvgIpc) is 3.15. The van der Waals surface area contributed by atoms with E-state index in [-0.39, 0.29) is 11.8 Å². The summed E-state index contributed by atoms with van der Waals surface area (Å²) < 4.78 is 1.88. The van der Waals surface area contributed by atoms with E-state index in [1.54, 1.807) is 0 Å². The van der Waals surface area contributed by atoms with Crippen LogP contribution >= 0.6 is 0 Å². The van der Waals surface area contributed by atoms with Gasteiger partial charge < -0.3 is 16.4 Å². The van der Waals surface area contributed by atoms with Gasteiger partial charge in [0.05, 0.1) is 12.2 Å². The zero-order valence-corrected chi connectivity index (χ0v) is 17.9. The number of nitrogens with one attached hydrogen (secondary N) is 2. The average molecular weight is 420 g/mol. The SMILES string of the molecule is CC(C)CC(NC(N)=O)C(=O)NCc1cn(Cc2ccccc2)nc1-c1ccccc1. The molecule has 162 valence electrons. The summed E-state index contributed by atoms with van der Waals surface area (Å²) in [4.78, 5) is 24.0. The second kappa shape index (κ2) is 10.4. The second-order valence-electron chi connectivity index (χ2n) is 7.96. The Bertz CT molecular complexity index is 999. The lowest BCUT2D eigenvalue weighted by atomic mass is 10.0. The second-order valence-corrected chi connectivity index (χ2v) is 7.96. The molecule has 1 atom stereocenters. The molecule has 7 nitrogen and oxygen atoms in total. The van der Waals surface area contributed by atoms with Crippen LogP contribution in [0, 0.1) is 5.92 Å². The topological polar surface area (TPSA) is 102 Å². The van der Waals surface area contributed by atoms with Crippen molar-refractivity contribution >= 4 is 11.9 Å². The number of amides is 3. The van der Waals surface area contributed by atoms with Gasteiger partial charge in [-0.15, -0.1) is 0 Å². The molecule has 7 heteroatoms. The van der Waals surface area contributed by atoms with Crippen molar-refractivity contribution in [2.45, 2.75) is 39.4 Å². The molecule has 3 rings (SSSR count). The molecular weight excluding hydrogens is 390 g/mol. The van der Waals surface area contributed by atoms with E-state index in [9.17, 15) is 9.59 Å². The summed E-state index contributed by atoms with van der Waals surface area (Å²) in [7, 11) is 0. The molecule has 0 bridgehead atoms. The molecule has 3 amide bonds.